The summed E-state index contributed by atoms with van der Waals surface area (Å²) in [5, 5.41) is 16.4. The highest BCUT2D eigenvalue weighted by Gasteiger charge is 2.36. The minimum absolute atomic E-state index is 0.122. The molecule has 0 fully saturated rings. The third kappa shape index (κ3) is 3.05. The molecule has 12 heteroatoms. The number of thiophene rings is 2. The van der Waals surface area contributed by atoms with Gasteiger partial charge in [0.25, 0.3) is 5.56 Å². The summed E-state index contributed by atoms with van der Waals surface area (Å²) in [5.74, 6) is -1.50. The molecule has 0 aliphatic rings. The van der Waals surface area contributed by atoms with Crippen molar-refractivity contribution in [2.45, 2.75) is 13.1 Å². The van der Waals surface area contributed by atoms with Crippen LogP contribution in [0.15, 0.2) is 49.3 Å². The predicted molar refractivity (Wildman–Crippen MR) is 119 cm³/mol. The Morgan fingerprint density at radius 1 is 1.06 bits per heavy atom. The highest BCUT2D eigenvalue weighted by molar-refractivity contribution is 7.09. The molecule has 4 aromatic heterocycles. The van der Waals surface area contributed by atoms with Gasteiger partial charge in [0.05, 0.1) is 33.4 Å². The van der Waals surface area contributed by atoms with Gasteiger partial charge in [-0.05, 0) is 36.1 Å². The van der Waals surface area contributed by atoms with Gasteiger partial charge in [0.1, 0.15) is 0 Å². The molecule has 0 saturated carbocycles. The number of carbonyl (C=O) groups is 1. The summed E-state index contributed by atoms with van der Waals surface area (Å²) in [6, 6.07) is 3.62. The second-order valence-electron chi connectivity index (χ2n) is 7.22. The number of fused-ring (bicyclic) bond motifs is 2. The third-order valence-electron chi connectivity index (χ3n) is 5.40. The van der Waals surface area contributed by atoms with Crippen LogP contribution in [0.2, 0.25) is 0 Å². The molecule has 2 N–H and O–H groups in total. The van der Waals surface area contributed by atoms with Crippen LogP contribution in [-0.2, 0) is 6.18 Å². The van der Waals surface area contributed by atoms with Crippen molar-refractivity contribution >= 4 is 50.4 Å². The first kappa shape index (κ1) is 21.2. The van der Waals surface area contributed by atoms with Crippen LogP contribution in [0.25, 0.3) is 33.2 Å². The number of aromatic carboxylic acids is 1. The number of H-pyrrole nitrogens is 1. The smallest absolute Gasteiger partial charge is 0.416 e. The van der Waals surface area contributed by atoms with Crippen molar-refractivity contribution in [1.29, 1.82) is 0 Å². The molecule has 168 valence electrons. The standard InChI is InChI=1S/C21H12F3N3O4S2/c1-9-12(21(22,23)24)2-3-14-15(9)16(17(19(29)30)26(14)10-4-5-32-6-10)27-18(28)11-7-33-8-13(11)25-20(27)31/h2-8H,1H3,(H,25,31)(H,29,30). The molecule has 0 unspecified atom stereocenters. The van der Waals surface area contributed by atoms with Crippen molar-refractivity contribution in [3.8, 4) is 11.4 Å². The van der Waals surface area contributed by atoms with E-state index in [2.05, 4.69) is 4.98 Å². The first-order valence-corrected chi connectivity index (χ1v) is 11.2. The van der Waals surface area contributed by atoms with E-state index in [4.69, 9.17) is 0 Å². The number of aryl methyl sites for hydroxylation is 1. The molecular weight excluding hydrogens is 479 g/mol. The number of benzene rings is 1. The number of carboxylic acids is 1. The number of alkyl halides is 3. The van der Waals surface area contributed by atoms with Crippen LogP contribution in [0.3, 0.4) is 0 Å². The third-order valence-corrected chi connectivity index (χ3v) is 6.82. The molecule has 33 heavy (non-hydrogen) atoms. The lowest BCUT2D eigenvalue weighted by atomic mass is 10.0. The van der Waals surface area contributed by atoms with Gasteiger partial charge in [-0.15, -0.1) is 11.3 Å². The maximum absolute atomic E-state index is 13.7. The average molecular weight is 491 g/mol. The van der Waals surface area contributed by atoms with Crippen molar-refractivity contribution in [2.24, 2.45) is 0 Å². The van der Waals surface area contributed by atoms with Gasteiger partial charge < -0.3 is 14.7 Å². The molecule has 0 atom stereocenters. The van der Waals surface area contributed by atoms with E-state index in [1.54, 1.807) is 22.2 Å². The van der Waals surface area contributed by atoms with Crippen molar-refractivity contribution in [3.63, 3.8) is 0 Å². The number of nitrogens with zero attached hydrogens (tertiary/aromatic N) is 2. The molecule has 0 bridgehead atoms. The molecule has 5 rings (SSSR count). The van der Waals surface area contributed by atoms with E-state index in [9.17, 15) is 32.7 Å². The van der Waals surface area contributed by atoms with Crippen LogP contribution in [0, 0.1) is 6.92 Å². The zero-order valence-electron chi connectivity index (χ0n) is 16.6. The maximum atomic E-state index is 13.7. The van der Waals surface area contributed by atoms with Crippen LogP contribution in [0.1, 0.15) is 21.6 Å². The maximum Gasteiger partial charge on any atom is 0.416 e. The lowest BCUT2D eigenvalue weighted by molar-refractivity contribution is -0.137. The van der Waals surface area contributed by atoms with Crippen LogP contribution >= 0.6 is 22.7 Å². The van der Waals surface area contributed by atoms with Crippen molar-refractivity contribution in [3.05, 3.63) is 77.4 Å². The minimum atomic E-state index is -4.72. The number of hydrogen-bond acceptors (Lipinski definition) is 5. The summed E-state index contributed by atoms with van der Waals surface area (Å²) >= 11 is 2.41. The van der Waals surface area contributed by atoms with E-state index in [0.717, 1.165) is 23.5 Å². The van der Waals surface area contributed by atoms with Gasteiger partial charge in [-0.3, -0.25) is 4.79 Å². The normalized spacial score (nSPS) is 12.1. The molecule has 0 amide bonds. The number of rotatable bonds is 3. The first-order valence-electron chi connectivity index (χ1n) is 9.34. The van der Waals surface area contributed by atoms with Gasteiger partial charge in [0.2, 0.25) is 0 Å². The minimum Gasteiger partial charge on any atom is -0.476 e. The average Bonchev–Trinajstić information content (AvgIpc) is 3.45. The van der Waals surface area contributed by atoms with Gasteiger partial charge in [-0.2, -0.15) is 24.5 Å². The zero-order valence-corrected chi connectivity index (χ0v) is 18.2. The van der Waals surface area contributed by atoms with Gasteiger partial charge in [-0.25, -0.2) is 14.2 Å². The molecule has 5 aromatic rings. The van der Waals surface area contributed by atoms with Crippen LogP contribution in [0.5, 0.6) is 0 Å². The van der Waals surface area contributed by atoms with Gasteiger partial charge >= 0.3 is 17.8 Å². The van der Waals surface area contributed by atoms with E-state index in [-0.39, 0.29) is 27.4 Å². The lowest BCUT2D eigenvalue weighted by Gasteiger charge is -2.12. The Bertz CT molecular complexity index is 1690. The first-order chi connectivity index (χ1) is 15.6. The Morgan fingerprint density at radius 2 is 1.82 bits per heavy atom. The fourth-order valence-corrected chi connectivity index (χ4v) is 5.42. The summed E-state index contributed by atoms with van der Waals surface area (Å²) in [4.78, 5) is 41.2. The summed E-state index contributed by atoms with van der Waals surface area (Å²) in [7, 11) is 0. The number of hydrogen-bond donors (Lipinski definition) is 2. The summed E-state index contributed by atoms with van der Waals surface area (Å²) < 4.78 is 43.0. The fourth-order valence-electron chi connectivity index (χ4n) is 4.05. The van der Waals surface area contributed by atoms with Crippen LogP contribution < -0.4 is 11.2 Å². The molecule has 0 saturated heterocycles. The summed E-state index contributed by atoms with van der Waals surface area (Å²) in [6.45, 7) is 1.20. The molecule has 0 spiro atoms. The Hall–Kier alpha value is -3.64. The summed E-state index contributed by atoms with van der Waals surface area (Å²) in [5.41, 5.74) is -3.18. The Balaban J connectivity index is 2.08. The number of nitrogens with one attached hydrogen (secondary N) is 1. The molecule has 0 radical (unpaired) electrons. The number of halogens is 3. The van der Waals surface area contributed by atoms with Crippen LogP contribution in [0.4, 0.5) is 13.2 Å². The fraction of sp³-hybridized carbons (Fsp3) is 0.0952. The van der Waals surface area contributed by atoms with Crippen molar-refractivity contribution in [2.75, 3.05) is 0 Å². The Morgan fingerprint density at radius 3 is 2.45 bits per heavy atom. The number of carboxylic acid groups (broad SMARTS) is 1. The largest absolute Gasteiger partial charge is 0.476 e. The molecule has 1 aromatic carbocycles. The highest BCUT2D eigenvalue weighted by atomic mass is 32.1. The second-order valence-corrected chi connectivity index (χ2v) is 8.74. The van der Waals surface area contributed by atoms with Crippen molar-refractivity contribution < 1.29 is 23.1 Å². The van der Waals surface area contributed by atoms with E-state index >= 15 is 0 Å². The predicted octanol–water partition coefficient (Wildman–Crippen LogP) is 4.77. The number of aromatic nitrogens is 3. The lowest BCUT2D eigenvalue weighted by Crippen LogP contribution is -2.34. The molecule has 4 heterocycles. The Kier molecular flexibility index (Phi) is 4.62. The summed E-state index contributed by atoms with van der Waals surface area (Å²) in [6.07, 6.45) is -4.72. The van der Waals surface area contributed by atoms with E-state index in [0.29, 0.717) is 10.3 Å². The Labute approximate surface area is 189 Å². The molecule has 0 aliphatic heterocycles. The number of aromatic amines is 1. The van der Waals surface area contributed by atoms with Gasteiger partial charge in [0.15, 0.2) is 5.69 Å². The van der Waals surface area contributed by atoms with E-state index in [1.165, 1.54) is 28.2 Å². The van der Waals surface area contributed by atoms with Gasteiger partial charge in [0, 0.05) is 21.5 Å². The second kappa shape index (κ2) is 7.18. The SMILES string of the molecule is Cc1c(C(F)(F)F)ccc2c1c(-n1c(=O)[nH]c3cscc3c1=O)c(C(=O)O)n2-c1ccsc1. The highest BCUT2D eigenvalue weighted by Crippen LogP contribution is 2.40. The van der Waals surface area contributed by atoms with Crippen molar-refractivity contribution in [1.82, 2.24) is 14.1 Å². The molecule has 7 nitrogen and oxygen atoms in total. The van der Waals surface area contributed by atoms with Gasteiger partial charge in [-0.1, -0.05) is 0 Å². The van der Waals surface area contributed by atoms with E-state index < -0.39 is 40.3 Å². The van der Waals surface area contributed by atoms with E-state index in [1.807, 2.05) is 0 Å². The zero-order chi connectivity index (χ0) is 23.7. The van der Waals surface area contributed by atoms with Crippen LogP contribution in [-0.4, -0.2) is 25.2 Å². The molecular formula is C21H12F3N3O4S2. The monoisotopic (exact) mass is 491 g/mol. The topological polar surface area (TPSA) is 97.1 Å². The molecule has 0 aliphatic carbocycles. The quantitative estimate of drug-likeness (QED) is 0.380.